The van der Waals surface area contributed by atoms with Gasteiger partial charge in [0.25, 0.3) is 5.91 Å². The fourth-order valence-electron chi connectivity index (χ4n) is 3.06. The van der Waals surface area contributed by atoms with Crippen LogP contribution in [0.15, 0.2) is 71.6 Å². The second-order valence-electron chi connectivity index (χ2n) is 5.76. The molecule has 1 aliphatic rings. The van der Waals surface area contributed by atoms with Gasteiger partial charge in [-0.05, 0) is 41.0 Å². The van der Waals surface area contributed by atoms with Gasteiger partial charge in [-0.25, -0.2) is 0 Å². The van der Waals surface area contributed by atoms with Crippen molar-refractivity contribution in [2.45, 2.75) is 17.4 Å². The zero-order valence-electron chi connectivity index (χ0n) is 12.7. The van der Waals surface area contributed by atoms with Gasteiger partial charge in [-0.2, -0.15) is 0 Å². The molecule has 2 nitrogen and oxygen atoms in total. The van der Waals surface area contributed by atoms with Crippen molar-refractivity contribution in [3.63, 3.8) is 0 Å². The van der Waals surface area contributed by atoms with Crippen LogP contribution in [0, 0.1) is 0 Å². The molecule has 0 saturated heterocycles. The number of benzene rings is 3. The minimum Gasteiger partial charge on any atom is -0.345 e. The molecule has 0 fully saturated rings. The summed E-state index contributed by atoms with van der Waals surface area (Å²) in [4.78, 5) is 13.9. The summed E-state index contributed by atoms with van der Waals surface area (Å²) in [5, 5.41) is 5.46. The number of rotatable bonds is 2. The van der Waals surface area contributed by atoms with E-state index in [1.54, 1.807) is 0 Å². The lowest BCUT2D eigenvalue weighted by Crippen LogP contribution is -2.30. The molecular weight excluding hydrogens is 302 g/mol. The molecule has 0 saturated carbocycles. The highest BCUT2D eigenvalue weighted by molar-refractivity contribution is 7.99. The molecule has 3 aromatic carbocycles. The number of nitrogens with one attached hydrogen (secondary N) is 1. The van der Waals surface area contributed by atoms with E-state index < -0.39 is 0 Å². The average molecular weight is 319 g/mol. The minimum atomic E-state index is 0.00227. The third kappa shape index (κ3) is 2.84. The van der Waals surface area contributed by atoms with Crippen LogP contribution >= 0.6 is 11.8 Å². The Morgan fingerprint density at radius 1 is 0.957 bits per heavy atom. The third-order valence-electron chi connectivity index (χ3n) is 4.28. The molecule has 0 aliphatic carbocycles. The van der Waals surface area contributed by atoms with E-state index in [2.05, 4.69) is 29.6 Å². The van der Waals surface area contributed by atoms with Crippen molar-refractivity contribution < 1.29 is 4.79 Å². The number of carbonyl (C=O) groups excluding carboxylic acids is 1. The molecule has 1 amide bonds. The highest BCUT2D eigenvalue weighted by Gasteiger charge is 2.22. The predicted octanol–water partition coefficient (Wildman–Crippen LogP) is 4.81. The van der Waals surface area contributed by atoms with Crippen LogP contribution in [0.1, 0.15) is 28.4 Å². The molecule has 114 valence electrons. The van der Waals surface area contributed by atoms with Crippen LogP contribution in [0.25, 0.3) is 10.8 Å². The molecule has 0 spiro atoms. The van der Waals surface area contributed by atoms with Gasteiger partial charge in [0.15, 0.2) is 0 Å². The van der Waals surface area contributed by atoms with E-state index in [1.165, 1.54) is 10.5 Å². The maximum absolute atomic E-state index is 12.6. The molecule has 3 aromatic rings. The van der Waals surface area contributed by atoms with Gasteiger partial charge < -0.3 is 5.32 Å². The van der Waals surface area contributed by atoms with E-state index in [1.807, 2.05) is 54.2 Å². The van der Waals surface area contributed by atoms with Crippen LogP contribution in [0.5, 0.6) is 0 Å². The molecule has 0 unspecified atom stereocenters. The summed E-state index contributed by atoms with van der Waals surface area (Å²) in [6, 6.07) is 22.4. The van der Waals surface area contributed by atoms with Crippen molar-refractivity contribution >= 4 is 28.4 Å². The first-order valence-electron chi connectivity index (χ1n) is 7.83. The predicted molar refractivity (Wildman–Crippen MR) is 95.9 cm³/mol. The number of hydrogen-bond acceptors (Lipinski definition) is 2. The number of thioether (sulfide) groups is 1. The van der Waals surface area contributed by atoms with Crippen LogP contribution in [0.3, 0.4) is 0 Å². The van der Waals surface area contributed by atoms with Crippen LogP contribution in [0.4, 0.5) is 0 Å². The van der Waals surface area contributed by atoms with Gasteiger partial charge in [0.2, 0.25) is 0 Å². The molecule has 0 bridgehead atoms. The van der Waals surface area contributed by atoms with Crippen LogP contribution < -0.4 is 5.32 Å². The molecule has 1 N–H and O–H groups in total. The fourth-order valence-corrected chi connectivity index (χ4v) is 4.19. The van der Waals surface area contributed by atoms with Gasteiger partial charge in [0.1, 0.15) is 0 Å². The SMILES string of the molecule is O=C(N[C@H]1CCSc2ccccc21)c1ccc2ccccc2c1. The summed E-state index contributed by atoms with van der Waals surface area (Å²) in [6.45, 7) is 0. The monoisotopic (exact) mass is 319 g/mol. The van der Waals surface area contributed by atoms with E-state index in [-0.39, 0.29) is 11.9 Å². The Labute approximate surface area is 139 Å². The summed E-state index contributed by atoms with van der Waals surface area (Å²) in [5.41, 5.74) is 1.96. The van der Waals surface area contributed by atoms with Crippen LogP contribution in [-0.2, 0) is 0 Å². The van der Waals surface area contributed by atoms with E-state index in [4.69, 9.17) is 0 Å². The van der Waals surface area contributed by atoms with Crippen molar-refractivity contribution in [2.75, 3.05) is 5.75 Å². The van der Waals surface area contributed by atoms with Crippen molar-refractivity contribution in [3.8, 4) is 0 Å². The summed E-state index contributed by atoms with van der Waals surface area (Å²) in [5.74, 6) is 1.04. The van der Waals surface area contributed by atoms with Gasteiger partial charge in [-0.1, -0.05) is 48.5 Å². The maximum Gasteiger partial charge on any atom is 0.251 e. The number of hydrogen-bond donors (Lipinski definition) is 1. The molecule has 23 heavy (non-hydrogen) atoms. The standard InChI is InChI=1S/C20H17NOS/c22-20(16-10-9-14-5-1-2-6-15(14)13-16)21-18-11-12-23-19-8-4-3-7-17(18)19/h1-10,13,18H,11-12H2,(H,21,22)/t18-/m0/s1. The Bertz CT molecular complexity index is 874. The third-order valence-corrected chi connectivity index (χ3v) is 5.40. The molecule has 4 rings (SSSR count). The van der Waals surface area contributed by atoms with E-state index in [9.17, 15) is 4.79 Å². The molecule has 1 aliphatic heterocycles. The van der Waals surface area contributed by atoms with Crippen molar-refractivity contribution in [1.82, 2.24) is 5.32 Å². The highest BCUT2D eigenvalue weighted by Crippen LogP contribution is 2.35. The van der Waals surface area contributed by atoms with Crippen LogP contribution in [0.2, 0.25) is 0 Å². The van der Waals surface area contributed by atoms with Crippen LogP contribution in [-0.4, -0.2) is 11.7 Å². The molecule has 0 radical (unpaired) electrons. The van der Waals surface area contributed by atoms with E-state index in [0.29, 0.717) is 0 Å². The second kappa shape index (κ2) is 6.09. The number of amides is 1. The van der Waals surface area contributed by atoms with Gasteiger partial charge in [-0.15, -0.1) is 11.8 Å². The number of fused-ring (bicyclic) bond motifs is 2. The zero-order valence-corrected chi connectivity index (χ0v) is 13.5. The first-order chi connectivity index (χ1) is 11.3. The normalized spacial score (nSPS) is 16.8. The lowest BCUT2D eigenvalue weighted by molar-refractivity contribution is 0.0935. The summed E-state index contributed by atoms with van der Waals surface area (Å²) in [6.07, 6.45) is 0.973. The lowest BCUT2D eigenvalue weighted by atomic mass is 10.0. The van der Waals surface area contributed by atoms with E-state index >= 15 is 0 Å². The van der Waals surface area contributed by atoms with Crippen molar-refractivity contribution in [3.05, 3.63) is 77.9 Å². The van der Waals surface area contributed by atoms with Crippen molar-refractivity contribution in [1.29, 1.82) is 0 Å². The van der Waals surface area contributed by atoms with Gasteiger partial charge in [0.05, 0.1) is 6.04 Å². The lowest BCUT2D eigenvalue weighted by Gasteiger charge is -2.26. The minimum absolute atomic E-state index is 0.00227. The maximum atomic E-state index is 12.6. The Morgan fingerprint density at radius 3 is 2.65 bits per heavy atom. The van der Waals surface area contributed by atoms with Crippen molar-refractivity contribution in [2.24, 2.45) is 0 Å². The molecule has 1 heterocycles. The summed E-state index contributed by atoms with van der Waals surface area (Å²) in [7, 11) is 0. The Balaban J connectivity index is 1.60. The van der Waals surface area contributed by atoms with Gasteiger partial charge >= 0.3 is 0 Å². The molecule has 0 aromatic heterocycles. The molecule has 1 atom stereocenters. The zero-order chi connectivity index (χ0) is 15.6. The first kappa shape index (κ1) is 14.3. The van der Waals surface area contributed by atoms with E-state index in [0.717, 1.165) is 28.5 Å². The summed E-state index contributed by atoms with van der Waals surface area (Å²) < 4.78 is 0. The quantitative estimate of drug-likeness (QED) is 0.734. The van der Waals surface area contributed by atoms with Gasteiger partial charge in [-0.3, -0.25) is 4.79 Å². The molecular formula is C20H17NOS. The largest absolute Gasteiger partial charge is 0.345 e. The first-order valence-corrected chi connectivity index (χ1v) is 8.81. The Hall–Kier alpha value is -2.26. The average Bonchev–Trinajstić information content (AvgIpc) is 2.61. The molecule has 3 heteroatoms. The highest BCUT2D eigenvalue weighted by atomic mass is 32.2. The fraction of sp³-hybridized carbons (Fsp3) is 0.150. The number of carbonyl (C=O) groups is 1. The Kier molecular flexibility index (Phi) is 3.80. The topological polar surface area (TPSA) is 29.1 Å². The summed E-state index contributed by atoms with van der Waals surface area (Å²) >= 11 is 1.87. The Morgan fingerprint density at radius 2 is 1.74 bits per heavy atom. The van der Waals surface area contributed by atoms with Gasteiger partial charge in [0, 0.05) is 16.2 Å². The second-order valence-corrected chi connectivity index (χ2v) is 6.90. The smallest absolute Gasteiger partial charge is 0.251 e.